The third-order valence-corrected chi connectivity index (χ3v) is 3.98. The molecule has 1 heterocycles. The van der Waals surface area contributed by atoms with Gasteiger partial charge in [0, 0.05) is 37.4 Å². The van der Waals surface area contributed by atoms with Crippen molar-refractivity contribution >= 4 is 11.7 Å². The minimum atomic E-state index is -0.446. The lowest BCUT2D eigenvalue weighted by molar-refractivity contribution is 0.220. The molecule has 0 aliphatic carbocycles. The summed E-state index contributed by atoms with van der Waals surface area (Å²) in [6.45, 7) is 0.282. The number of carbonyl (C=O) groups excluding carboxylic acids is 1. The Kier molecular flexibility index (Phi) is 5.22. The number of carbonyl (C=O) groups is 1. The molecule has 6 heteroatoms. The van der Waals surface area contributed by atoms with Crippen LogP contribution in [0.25, 0.3) is 5.69 Å². The quantitative estimate of drug-likeness (QED) is 0.744. The van der Waals surface area contributed by atoms with E-state index in [9.17, 15) is 9.18 Å². The fourth-order valence-electron chi connectivity index (χ4n) is 2.62. The second-order valence-corrected chi connectivity index (χ2v) is 5.90. The van der Waals surface area contributed by atoms with Crippen LogP contribution in [0.1, 0.15) is 5.56 Å². The predicted octanol–water partition coefficient (Wildman–Crippen LogP) is 4.29. The van der Waals surface area contributed by atoms with Gasteiger partial charge in [0.2, 0.25) is 0 Å². The molecule has 2 amide bonds. The number of halogens is 1. The number of hydrogen-bond donors (Lipinski definition) is 1. The standard InChI is InChI=1S/C20H20FN3O2/c1-23(14-15-8-9-19(26-2)18(21)12-15)20(25)22-16-6-5-7-17(13-16)24-10-3-4-11-24/h3-13H,14H2,1-2H3,(H,22,25). The van der Waals surface area contributed by atoms with Crippen molar-refractivity contribution in [3.05, 3.63) is 78.4 Å². The first-order valence-electron chi connectivity index (χ1n) is 8.15. The fraction of sp³-hybridized carbons (Fsp3) is 0.150. The van der Waals surface area contributed by atoms with E-state index in [1.807, 2.05) is 53.4 Å². The van der Waals surface area contributed by atoms with Crippen molar-refractivity contribution in [2.75, 3.05) is 19.5 Å². The Morgan fingerprint density at radius 1 is 1.15 bits per heavy atom. The number of anilines is 1. The smallest absolute Gasteiger partial charge is 0.321 e. The number of aromatic nitrogens is 1. The highest BCUT2D eigenvalue weighted by molar-refractivity contribution is 5.89. The van der Waals surface area contributed by atoms with E-state index in [1.54, 1.807) is 19.2 Å². The van der Waals surface area contributed by atoms with Crippen LogP contribution in [-0.4, -0.2) is 29.7 Å². The Labute approximate surface area is 151 Å². The summed E-state index contributed by atoms with van der Waals surface area (Å²) in [6.07, 6.45) is 3.87. The number of benzene rings is 2. The molecule has 134 valence electrons. The largest absolute Gasteiger partial charge is 0.494 e. The lowest BCUT2D eigenvalue weighted by atomic mass is 10.2. The van der Waals surface area contributed by atoms with Crippen molar-refractivity contribution in [3.8, 4) is 11.4 Å². The number of rotatable bonds is 5. The molecule has 1 N–H and O–H groups in total. The zero-order valence-corrected chi connectivity index (χ0v) is 14.6. The van der Waals surface area contributed by atoms with Crippen molar-refractivity contribution in [1.29, 1.82) is 0 Å². The highest BCUT2D eigenvalue weighted by Gasteiger charge is 2.11. The molecule has 0 bridgehead atoms. The maximum absolute atomic E-state index is 13.8. The maximum Gasteiger partial charge on any atom is 0.321 e. The number of nitrogens with zero attached hydrogens (tertiary/aromatic N) is 2. The molecular formula is C20H20FN3O2. The van der Waals surface area contributed by atoms with Gasteiger partial charge >= 0.3 is 6.03 Å². The molecule has 0 aliphatic heterocycles. The first-order valence-corrected chi connectivity index (χ1v) is 8.15. The highest BCUT2D eigenvalue weighted by atomic mass is 19.1. The molecule has 26 heavy (non-hydrogen) atoms. The Bertz CT molecular complexity index is 894. The zero-order valence-electron chi connectivity index (χ0n) is 14.6. The maximum atomic E-state index is 13.8. The van der Waals surface area contributed by atoms with E-state index < -0.39 is 5.82 Å². The number of urea groups is 1. The van der Waals surface area contributed by atoms with E-state index in [1.165, 1.54) is 18.1 Å². The molecular weight excluding hydrogens is 333 g/mol. The van der Waals surface area contributed by atoms with Crippen LogP contribution in [0.5, 0.6) is 5.75 Å². The normalized spacial score (nSPS) is 10.4. The molecule has 0 atom stereocenters. The van der Waals surface area contributed by atoms with Gasteiger partial charge in [-0.05, 0) is 48.0 Å². The predicted molar refractivity (Wildman–Crippen MR) is 99.2 cm³/mol. The minimum Gasteiger partial charge on any atom is -0.494 e. The molecule has 0 saturated carbocycles. The second-order valence-electron chi connectivity index (χ2n) is 5.90. The molecule has 0 saturated heterocycles. The summed E-state index contributed by atoms with van der Waals surface area (Å²) in [5.74, 6) is -0.263. The summed E-state index contributed by atoms with van der Waals surface area (Å²) < 4.78 is 20.6. The summed E-state index contributed by atoms with van der Waals surface area (Å²) in [6, 6.07) is 15.8. The molecule has 3 rings (SSSR count). The molecule has 0 fully saturated rings. The molecule has 1 aromatic heterocycles. The Hall–Kier alpha value is -3.28. The third-order valence-electron chi connectivity index (χ3n) is 3.98. The van der Waals surface area contributed by atoms with Crippen LogP contribution in [0.15, 0.2) is 67.0 Å². The summed E-state index contributed by atoms with van der Waals surface area (Å²) in [5.41, 5.74) is 2.32. The molecule has 2 aromatic carbocycles. The van der Waals surface area contributed by atoms with E-state index in [2.05, 4.69) is 5.32 Å². The molecule has 5 nitrogen and oxygen atoms in total. The van der Waals surface area contributed by atoms with E-state index in [4.69, 9.17) is 4.74 Å². The molecule has 0 radical (unpaired) electrons. The fourth-order valence-corrected chi connectivity index (χ4v) is 2.62. The number of methoxy groups -OCH3 is 1. The van der Waals surface area contributed by atoms with Gasteiger partial charge in [-0.15, -0.1) is 0 Å². The van der Waals surface area contributed by atoms with Crippen molar-refractivity contribution < 1.29 is 13.9 Å². The van der Waals surface area contributed by atoms with Gasteiger partial charge in [-0.2, -0.15) is 0 Å². The summed E-state index contributed by atoms with van der Waals surface area (Å²) in [4.78, 5) is 13.9. The van der Waals surface area contributed by atoms with Gasteiger partial charge in [-0.3, -0.25) is 0 Å². The van der Waals surface area contributed by atoms with Gasteiger partial charge in [0.05, 0.1) is 7.11 Å². The van der Waals surface area contributed by atoms with Gasteiger partial charge in [0.25, 0.3) is 0 Å². The molecule has 0 unspecified atom stereocenters. The van der Waals surface area contributed by atoms with E-state index in [0.29, 0.717) is 11.3 Å². The molecule has 3 aromatic rings. The van der Waals surface area contributed by atoms with Crippen molar-refractivity contribution in [2.24, 2.45) is 0 Å². The number of nitrogens with one attached hydrogen (secondary N) is 1. The monoisotopic (exact) mass is 353 g/mol. The van der Waals surface area contributed by atoms with Crippen LogP contribution in [-0.2, 0) is 6.54 Å². The lowest BCUT2D eigenvalue weighted by Gasteiger charge is -2.19. The molecule has 0 spiro atoms. The van der Waals surface area contributed by atoms with Crippen LogP contribution in [0.3, 0.4) is 0 Å². The topological polar surface area (TPSA) is 46.5 Å². The third kappa shape index (κ3) is 4.03. The van der Waals surface area contributed by atoms with Crippen molar-refractivity contribution in [2.45, 2.75) is 6.54 Å². The van der Waals surface area contributed by atoms with Crippen LogP contribution in [0.2, 0.25) is 0 Å². The van der Waals surface area contributed by atoms with Gasteiger partial charge in [-0.1, -0.05) is 12.1 Å². The van der Waals surface area contributed by atoms with E-state index in [0.717, 1.165) is 5.69 Å². The van der Waals surface area contributed by atoms with Gasteiger partial charge in [0.15, 0.2) is 11.6 Å². The highest BCUT2D eigenvalue weighted by Crippen LogP contribution is 2.19. The Balaban J connectivity index is 1.66. The average molecular weight is 353 g/mol. The van der Waals surface area contributed by atoms with Crippen molar-refractivity contribution in [1.82, 2.24) is 9.47 Å². The van der Waals surface area contributed by atoms with Crippen molar-refractivity contribution in [3.63, 3.8) is 0 Å². The van der Waals surface area contributed by atoms with Crippen LogP contribution in [0.4, 0.5) is 14.9 Å². The molecule has 0 aliphatic rings. The summed E-state index contributed by atoms with van der Waals surface area (Å²) >= 11 is 0. The van der Waals surface area contributed by atoms with Crippen LogP contribution < -0.4 is 10.1 Å². The first-order chi connectivity index (χ1) is 12.6. The van der Waals surface area contributed by atoms with E-state index in [-0.39, 0.29) is 18.3 Å². The number of hydrogen-bond acceptors (Lipinski definition) is 2. The van der Waals surface area contributed by atoms with Gasteiger partial charge < -0.3 is 19.5 Å². The average Bonchev–Trinajstić information content (AvgIpc) is 3.17. The van der Waals surface area contributed by atoms with Gasteiger partial charge in [-0.25, -0.2) is 9.18 Å². The minimum absolute atomic E-state index is 0.183. The Morgan fingerprint density at radius 3 is 2.62 bits per heavy atom. The van der Waals surface area contributed by atoms with Crippen LogP contribution in [0, 0.1) is 5.82 Å². The second kappa shape index (κ2) is 7.74. The Morgan fingerprint density at radius 2 is 1.92 bits per heavy atom. The SMILES string of the molecule is COc1ccc(CN(C)C(=O)Nc2cccc(-n3cccc3)c2)cc1F. The van der Waals surface area contributed by atoms with Crippen LogP contribution >= 0.6 is 0 Å². The zero-order chi connectivity index (χ0) is 18.5. The first kappa shape index (κ1) is 17.5. The van der Waals surface area contributed by atoms with Gasteiger partial charge in [0.1, 0.15) is 0 Å². The number of amides is 2. The summed E-state index contributed by atoms with van der Waals surface area (Å²) in [7, 11) is 3.08. The number of ether oxygens (including phenoxy) is 1. The van der Waals surface area contributed by atoms with E-state index >= 15 is 0 Å². The summed E-state index contributed by atoms with van der Waals surface area (Å²) in [5, 5.41) is 2.86. The lowest BCUT2D eigenvalue weighted by Crippen LogP contribution is -2.30.